The summed E-state index contributed by atoms with van der Waals surface area (Å²) in [5.74, 6) is -0.308. The van der Waals surface area contributed by atoms with Gasteiger partial charge in [0, 0.05) is 17.2 Å². The van der Waals surface area contributed by atoms with E-state index in [0.29, 0.717) is 0 Å². The number of likely N-dealkylation sites (N-methyl/N-ethyl adjacent to an activating group) is 1. The fourth-order valence-electron chi connectivity index (χ4n) is 1.80. The molecule has 1 unspecified atom stereocenters. The summed E-state index contributed by atoms with van der Waals surface area (Å²) in [6, 6.07) is 5.31. The van der Waals surface area contributed by atoms with Crippen LogP contribution in [0.1, 0.15) is 12.0 Å². The van der Waals surface area contributed by atoms with Gasteiger partial charge in [0.1, 0.15) is 6.04 Å². The van der Waals surface area contributed by atoms with Crippen LogP contribution >= 0.6 is 15.9 Å². The topological polar surface area (TPSA) is 49.4 Å². The van der Waals surface area contributed by atoms with Gasteiger partial charge in [-0.3, -0.25) is 14.5 Å². The first-order valence-corrected chi connectivity index (χ1v) is 6.11. The fourth-order valence-corrected chi connectivity index (χ4v) is 2.05. The van der Waals surface area contributed by atoms with Crippen molar-refractivity contribution in [2.75, 3.05) is 12.4 Å². The van der Waals surface area contributed by atoms with Crippen molar-refractivity contribution in [3.05, 3.63) is 28.2 Å². The first kappa shape index (κ1) is 12.1. The average molecular weight is 297 g/mol. The van der Waals surface area contributed by atoms with Gasteiger partial charge in [-0.25, -0.2) is 0 Å². The van der Waals surface area contributed by atoms with E-state index in [4.69, 9.17) is 0 Å². The van der Waals surface area contributed by atoms with Gasteiger partial charge in [0.15, 0.2) is 0 Å². The molecule has 1 atom stereocenters. The number of imide groups is 1. The monoisotopic (exact) mass is 296 g/mol. The molecule has 1 aromatic carbocycles. The number of carbonyl (C=O) groups is 2. The summed E-state index contributed by atoms with van der Waals surface area (Å²) in [5.41, 5.74) is 1.94. The Hall–Kier alpha value is -1.36. The minimum absolute atomic E-state index is 0.138. The van der Waals surface area contributed by atoms with Gasteiger partial charge in [-0.2, -0.15) is 0 Å². The molecule has 0 bridgehead atoms. The number of aryl methyl sites for hydroxylation is 1. The predicted molar refractivity (Wildman–Crippen MR) is 68.7 cm³/mol. The molecule has 2 rings (SSSR count). The lowest BCUT2D eigenvalue weighted by Gasteiger charge is -2.13. The second-order valence-corrected chi connectivity index (χ2v) is 5.01. The standard InChI is InChI=1S/C12H13BrN2O2/c1-7-5-8(3-4-9(7)13)14-10-6-11(16)15(2)12(10)17/h3-5,10,14H,6H2,1-2H3. The van der Waals surface area contributed by atoms with Gasteiger partial charge in [0.05, 0.1) is 6.42 Å². The number of anilines is 1. The number of nitrogens with zero attached hydrogens (tertiary/aromatic N) is 1. The molecule has 0 aliphatic carbocycles. The summed E-state index contributed by atoms with van der Waals surface area (Å²) in [6.07, 6.45) is 0.227. The van der Waals surface area contributed by atoms with Crippen LogP contribution in [0.3, 0.4) is 0 Å². The Morgan fingerprint density at radius 2 is 2.12 bits per heavy atom. The van der Waals surface area contributed by atoms with Crippen LogP contribution in [0.15, 0.2) is 22.7 Å². The predicted octanol–water partition coefficient (Wildman–Crippen LogP) is 1.93. The molecule has 2 amide bonds. The first-order valence-electron chi connectivity index (χ1n) is 5.32. The lowest BCUT2D eigenvalue weighted by molar-refractivity contribution is -0.136. The van der Waals surface area contributed by atoms with E-state index < -0.39 is 6.04 Å². The van der Waals surface area contributed by atoms with Gasteiger partial charge in [-0.15, -0.1) is 0 Å². The molecule has 0 radical (unpaired) electrons. The van der Waals surface area contributed by atoms with Gasteiger partial charge < -0.3 is 5.32 Å². The Labute approximate surface area is 108 Å². The Bertz CT molecular complexity index is 487. The van der Waals surface area contributed by atoms with Gasteiger partial charge in [0.2, 0.25) is 5.91 Å². The number of rotatable bonds is 2. The maximum atomic E-state index is 11.7. The number of nitrogens with one attached hydrogen (secondary N) is 1. The van der Waals surface area contributed by atoms with Crippen molar-refractivity contribution >= 4 is 33.4 Å². The van der Waals surface area contributed by atoms with Crippen LogP contribution in [-0.2, 0) is 9.59 Å². The Balaban J connectivity index is 2.14. The quantitative estimate of drug-likeness (QED) is 0.849. The highest BCUT2D eigenvalue weighted by atomic mass is 79.9. The van der Waals surface area contributed by atoms with E-state index >= 15 is 0 Å². The maximum Gasteiger partial charge on any atom is 0.251 e. The summed E-state index contributed by atoms with van der Waals surface area (Å²) in [5, 5.41) is 3.09. The third-order valence-electron chi connectivity index (χ3n) is 2.88. The number of likely N-dealkylation sites (tertiary alicyclic amines) is 1. The lowest BCUT2D eigenvalue weighted by Crippen LogP contribution is -2.31. The maximum absolute atomic E-state index is 11.7. The number of amides is 2. The lowest BCUT2D eigenvalue weighted by atomic mass is 10.2. The van der Waals surface area contributed by atoms with Crippen LogP contribution in [-0.4, -0.2) is 29.8 Å². The van der Waals surface area contributed by atoms with Crippen molar-refractivity contribution in [3.63, 3.8) is 0 Å². The third kappa shape index (κ3) is 2.34. The van der Waals surface area contributed by atoms with Crippen molar-refractivity contribution in [2.45, 2.75) is 19.4 Å². The normalized spacial score (nSPS) is 19.9. The highest BCUT2D eigenvalue weighted by Crippen LogP contribution is 2.22. The van der Waals surface area contributed by atoms with Crippen LogP contribution in [0.25, 0.3) is 0 Å². The van der Waals surface area contributed by atoms with Crippen molar-refractivity contribution in [2.24, 2.45) is 0 Å². The Morgan fingerprint density at radius 1 is 1.41 bits per heavy atom. The molecule has 0 aromatic heterocycles. The number of benzene rings is 1. The number of halogens is 1. The molecule has 1 N–H and O–H groups in total. The van der Waals surface area contributed by atoms with Gasteiger partial charge in [-0.1, -0.05) is 15.9 Å². The highest BCUT2D eigenvalue weighted by Gasteiger charge is 2.35. The molecule has 17 heavy (non-hydrogen) atoms. The van der Waals surface area contributed by atoms with E-state index in [1.807, 2.05) is 25.1 Å². The Morgan fingerprint density at radius 3 is 2.65 bits per heavy atom. The molecule has 5 heteroatoms. The fraction of sp³-hybridized carbons (Fsp3) is 0.333. The molecule has 1 aliphatic heterocycles. The summed E-state index contributed by atoms with van der Waals surface area (Å²) in [4.78, 5) is 24.2. The molecule has 4 nitrogen and oxygen atoms in total. The smallest absolute Gasteiger partial charge is 0.251 e. The zero-order valence-corrected chi connectivity index (χ0v) is 11.2. The Kier molecular flexibility index (Phi) is 3.19. The van der Waals surface area contributed by atoms with E-state index in [-0.39, 0.29) is 18.2 Å². The largest absolute Gasteiger partial charge is 0.373 e. The highest BCUT2D eigenvalue weighted by molar-refractivity contribution is 9.10. The minimum Gasteiger partial charge on any atom is -0.373 e. The number of carbonyl (C=O) groups excluding carboxylic acids is 2. The van der Waals surface area contributed by atoms with Crippen LogP contribution in [0.2, 0.25) is 0 Å². The van der Waals surface area contributed by atoms with E-state index in [1.54, 1.807) is 0 Å². The van der Waals surface area contributed by atoms with Crippen molar-refractivity contribution in [3.8, 4) is 0 Å². The van der Waals surface area contributed by atoms with E-state index in [2.05, 4.69) is 21.2 Å². The summed E-state index contributed by atoms with van der Waals surface area (Å²) in [6.45, 7) is 1.98. The number of hydrogen-bond donors (Lipinski definition) is 1. The van der Waals surface area contributed by atoms with Crippen LogP contribution < -0.4 is 5.32 Å². The molecule has 0 spiro atoms. The van der Waals surface area contributed by atoms with Crippen molar-refractivity contribution in [1.82, 2.24) is 4.90 Å². The zero-order valence-electron chi connectivity index (χ0n) is 9.66. The van der Waals surface area contributed by atoms with Gasteiger partial charge in [-0.05, 0) is 30.7 Å². The average Bonchev–Trinajstić information content (AvgIpc) is 2.52. The SMILES string of the molecule is Cc1cc(NC2CC(=O)N(C)C2=O)ccc1Br. The van der Waals surface area contributed by atoms with Crippen LogP contribution in [0.5, 0.6) is 0 Å². The van der Waals surface area contributed by atoms with E-state index in [0.717, 1.165) is 15.7 Å². The molecule has 0 saturated carbocycles. The van der Waals surface area contributed by atoms with Crippen molar-refractivity contribution < 1.29 is 9.59 Å². The van der Waals surface area contributed by atoms with Crippen molar-refractivity contribution in [1.29, 1.82) is 0 Å². The molecule has 1 saturated heterocycles. The van der Waals surface area contributed by atoms with Crippen LogP contribution in [0.4, 0.5) is 5.69 Å². The summed E-state index contributed by atoms with van der Waals surface area (Å²) in [7, 11) is 1.51. The molecular weight excluding hydrogens is 284 g/mol. The summed E-state index contributed by atoms with van der Waals surface area (Å²) < 4.78 is 1.02. The second-order valence-electron chi connectivity index (χ2n) is 4.16. The van der Waals surface area contributed by atoms with E-state index in [1.165, 1.54) is 11.9 Å². The molecule has 1 aromatic rings. The second kappa shape index (κ2) is 4.49. The summed E-state index contributed by atoms with van der Waals surface area (Å²) >= 11 is 3.42. The molecule has 1 aliphatic rings. The van der Waals surface area contributed by atoms with Gasteiger partial charge in [0.25, 0.3) is 5.91 Å². The molecule has 1 heterocycles. The van der Waals surface area contributed by atoms with Crippen LogP contribution in [0, 0.1) is 6.92 Å². The molecule has 90 valence electrons. The van der Waals surface area contributed by atoms with Gasteiger partial charge >= 0.3 is 0 Å². The van der Waals surface area contributed by atoms with E-state index in [9.17, 15) is 9.59 Å². The molecular formula is C12H13BrN2O2. The third-order valence-corrected chi connectivity index (χ3v) is 3.77. The number of hydrogen-bond acceptors (Lipinski definition) is 3. The zero-order chi connectivity index (χ0) is 12.6. The molecule has 1 fully saturated rings. The minimum atomic E-state index is -0.437. The first-order chi connectivity index (χ1) is 7.99.